The molecule has 2 unspecified atom stereocenters. The van der Waals surface area contributed by atoms with Crippen molar-refractivity contribution in [2.45, 2.75) is 25.6 Å². The number of hydrogen-bond acceptors (Lipinski definition) is 3. The molecule has 2 aromatic rings. The van der Waals surface area contributed by atoms with Crippen LogP contribution < -0.4 is 5.73 Å². The number of nitrogens with two attached hydrogens (primary N) is 1. The van der Waals surface area contributed by atoms with Crippen LogP contribution in [0.25, 0.3) is 0 Å². The first-order valence-corrected chi connectivity index (χ1v) is 6.58. The van der Waals surface area contributed by atoms with E-state index in [0.29, 0.717) is 0 Å². The maximum absolute atomic E-state index is 6.16. The van der Waals surface area contributed by atoms with Crippen LogP contribution in [0.5, 0.6) is 0 Å². The highest BCUT2D eigenvalue weighted by atomic mass is 15.1. The smallest absolute Gasteiger partial charge is 0.0498 e. The molecule has 3 nitrogen and oxygen atoms in total. The minimum absolute atomic E-state index is 0.0658. The number of rotatable bonds is 5. The summed E-state index contributed by atoms with van der Waals surface area (Å²) in [6.45, 7) is 2.93. The number of pyridine rings is 1. The summed E-state index contributed by atoms with van der Waals surface area (Å²) in [5.41, 5.74) is 8.67. The molecular weight excluding hydrogens is 234 g/mol. The molecule has 2 atom stereocenters. The van der Waals surface area contributed by atoms with E-state index in [-0.39, 0.29) is 12.1 Å². The van der Waals surface area contributed by atoms with Gasteiger partial charge in [0.15, 0.2) is 0 Å². The van der Waals surface area contributed by atoms with Crippen molar-refractivity contribution >= 4 is 0 Å². The predicted molar refractivity (Wildman–Crippen MR) is 78.5 cm³/mol. The lowest BCUT2D eigenvalue weighted by atomic mass is 10.00. The Morgan fingerprint density at radius 2 is 1.74 bits per heavy atom. The van der Waals surface area contributed by atoms with Gasteiger partial charge < -0.3 is 5.73 Å². The maximum Gasteiger partial charge on any atom is 0.0498 e. The molecule has 0 spiro atoms. The molecule has 1 aromatic carbocycles. The van der Waals surface area contributed by atoms with Crippen molar-refractivity contribution < 1.29 is 0 Å². The van der Waals surface area contributed by atoms with Crippen molar-refractivity contribution in [1.82, 2.24) is 9.88 Å². The van der Waals surface area contributed by atoms with E-state index in [0.717, 1.165) is 6.54 Å². The van der Waals surface area contributed by atoms with Gasteiger partial charge in [0.25, 0.3) is 0 Å². The molecule has 0 aliphatic carbocycles. The SMILES string of the molecule is CC(N)C(c1ccncc1)N(C)Cc1ccccc1. The Kier molecular flexibility index (Phi) is 4.66. The summed E-state index contributed by atoms with van der Waals surface area (Å²) < 4.78 is 0. The van der Waals surface area contributed by atoms with Crippen molar-refractivity contribution in [3.8, 4) is 0 Å². The molecule has 0 aliphatic rings. The lowest BCUT2D eigenvalue weighted by Crippen LogP contribution is -2.36. The van der Waals surface area contributed by atoms with Gasteiger partial charge in [-0.25, -0.2) is 0 Å². The van der Waals surface area contributed by atoms with Crippen LogP contribution in [0.2, 0.25) is 0 Å². The maximum atomic E-state index is 6.16. The van der Waals surface area contributed by atoms with Gasteiger partial charge in [-0.1, -0.05) is 30.3 Å². The van der Waals surface area contributed by atoms with Crippen LogP contribution in [0, 0.1) is 0 Å². The number of aromatic nitrogens is 1. The van der Waals surface area contributed by atoms with Gasteiger partial charge in [-0.2, -0.15) is 0 Å². The van der Waals surface area contributed by atoms with Gasteiger partial charge in [0.2, 0.25) is 0 Å². The molecule has 0 bridgehead atoms. The Hall–Kier alpha value is -1.71. The lowest BCUT2D eigenvalue weighted by Gasteiger charge is -2.31. The monoisotopic (exact) mass is 255 g/mol. The van der Waals surface area contributed by atoms with Crippen LogP contribution in [-0.2, 0) is 6.54 Å². The average Bonchev–Trinajstić information content (AvgIpc) is 2.40. The van der Waals surface area contributed by atoms with Crippen LogP contribution in [-0.4, -0.2) is 23.0 Å². The first-order chi connectivity index (χ1) is 9.18. The van der Waals surface area contributed by atoms with Crippen LogP contribution >= 0.6 is 0 Å². The summed E-state index contributed by atoms with van der Waals surface area (Å²) in [5.74, 6) is 0. The second kappa shape index (κ2) is 6.45. The van der Waals surface area contributed by atoms with Gasteiger partial charge in [-0.15, -0.1) is 0 Å². The molecule has 2 rings (SSSR count). The number of nitrogens with zero attached hydrogens (tertiary/aromatic N) is 2. The van der Waals surface area contributed by atoms with Gasteiger partial charge >= 0.3 is 0 Å². The Morgan fingerprint density at radius 1 is 1.11 bits per heavy atom. The Bertz CT molecular complexity index is 482. The average molecular weight is 255 g/mol. The minimum Gasteiger partial charge on any atom is -0.326 e. The molecule has 0 fully saturated rings. The van der Waals surface area contributed by atoms with E-state index in [1.807, 2.05) is 37.5 Å². The fourth-order valence-electron chi connectivity index (χ4n) is 2.49. The fourth-order valence-corrected chi connectivity index (χ4v) is 2.49. The van der Waals surface area contributed by atoms with Crippen molar-refractivity contribution in [3.63, 3.8) is 0 Å². The van der Waals surface area contributed by atoms with Gasteiger partial charge in [0.05, 0.1) is 0 Å². The molecule has 0 saturated carbocycles. The molecule has 1 heterocycles. The van der Waals surface area contributed by atoms with E-state index in [2.05, 4.69) is 41.2 Å². The second-order valence-corrected chi connectivity index (χ2v) is 4.99. The first kappa shape index (κ1) is 13.7. The molecule has 3 heteroatoms. The van der Waals surface area contributed by atoms with E-state index in [1.165, 1.54) is 11.1 Å². The summed E-state index contributed by atoms with van der Waals surface area (Å²) >= 11 is 0. The molecule has 0 radical (unpaired) electrons. The third-order valence-electron chi connectivity index (χ3n) is 3.30. The van der Waals surface area contributed by atoms with E-state index in [1.54, 1.807) is 0 Å². The van der Waals surface area contributed by atoms with E-state index < -0.39 is 0 Å². The fraction of sp³-hybridized carbons (Fsp3) is 0.312. The number of benzene rings is 1. The van der Waals surface area contributed by atoms with Crippen molar-refractivity contribution in [1.29, 1.82) is 0 Å². The summed E-state index contributed by atoms with van der Waals surface area (Å²) in [4.78, 5) is 6.36. The predicted octanol–water partition coefficient (Wildman–Crippen LogP) is 2.60. The summed E-state index contributed by atoms with van der Waals surface area (Å²) in [7, 11) is 2.11. The highest BCUT2D eigenvalue weighted by molar-refractivity contribution is 5.19. The standard InChI is InChI=1S/C16H21N3/c1-13(17)16(15-8-10-18-11-9-15)19(2)12-14-6-4-3-5-7-14/h3-11,13,16H,12,17H2,1-2H3. The minimum atomic E-state index is 0.0658. The van der Waals surface area contributed by atoms with Gasteiger partial charge in [0, 0.05) is 31.0 Å². The van der Waals surface area contributed by atoms with E-state index in [4.69, 9.17) is 5.73 Å². The molecule has 100 valence electrons. The Balaban J connectivity index is 2.16. The van der Waals surface area contributed by atoms with Gasteiger partial charge in [-0.3, -0.25) is 9.88 Å². The highest BCUT2D eigenvalue weighted by Crippen LogP contribution is 2.23. The third kappa shape index (κ3) is 3.63. The Labute approximate surface area is 115 Å². The van der Waals surface area contributed by atoms with Gasteiger partial charge in [-0.05, 0) is 37.2 Å². The second-order valence-electron chi connectivity index (χ2n) is 4.99. The molecule has 2 N–H and O–H groups in total. The number of likely N-dealkylation sites (N-methyl/N-ethyl adjacent to an activating group) is 1. The van der Waals surface area contributed by atoms with Crippen LogP contribution in [0.4, 0.5) is 0 Å². The molecular formula is C16H21N3. The zero-order chi connectivity index (χ0) is 13.7. The number of hydrogen-bond donors (Lipinski definition) is 1. The molecule has 19 heavy (non-hydrogen) atoms. The van der Waals surface area contributed by atoms with Crippen LogP contribution in [0.1, 0.15) is 24.1 Å². The van der Waals surface area contributed by atoms with Crippen molar-refractivity contribution in [2.75, 3.05) is 7.05 Å². The Morgan fingerprint density at radius 3 is 2.32 bits per heavy atom. The molecule has 0 saturated heterocycles. The van der Waals surface area contributed by atoms with Crippen LogP contribution in [0.15, 0.2) is 54.9 Å². The normalized spacial score (nSPS) is 14.3. The van der Waals surface area contributed by atoms with Crippen molar-refractivity contribution in [2.24, 2.45) is 5.73 Å². The van der Waals surface area contributed by atoms with Crippen LogP contribution in [0.3, 0.4) is 0 Å². The summed E-state index contributed by atoms with van der Waals surface area (Å²) in [6, 6.07) is 14.8. The summed E-state index contributed by atoms with van der Waals surface area (Å²) in [5, 5.41) is 0. The zero-order valence-electron chi connectivity index (χ0n) is 11.5. The van der Waals surface area contributed by atoms with E-state index >= 15 is 0 Å². The molecule has 0 aliphatic heterocycles. The molecule has 1 aromatic heterocycles. The third-order valence-corrected chi connectivity index (χ3v) is 3.30. The first-order valence-electron chi connectivity index (χ1n) is 6.58. The highest BCUT2D eigenvalue weighted by Gasteiger charge is 2.21. The summed E-state index contributed by atoms with van der Waals surface area (Å²) in [6.07, 6.45) is 3.64. The topological polar surface area (TPSA) is 42.1 Å². The van der Waals surface area contributed by atoms with E-state index in [9.17, 15) is 0 Å². The molecule has 0 amide bonds. The van der Waals surface area contributed by atoms with Gasteiger partial charge in [0.1, 0.15) is 0 Å². The zero-order valence-corrected chi connectivity index (χ0v) is 11.5. The quantitative estimate of drug-likeness (QED) is 0.893. The largest absolute Gasteiger partial charge is 0.326 e. The lowest BCUT2D eigenvalue weighted by molar-refractivity contribution is 0.211. The van der Waals surface area contributed by atoms with Crippen molar-refractivity contribution in [3.05, 3.63) is 66.0 Å².